The number of cyclic esters (lactones) is 1. The number of carbonyl (C=O) groups excluding carboxylic acids is 2. The Bertz CT molecular complexity index is 1310. The van der Waals surface area contributed by atoms with Crippen LogP contribution in [0.3, 0.4) is 0 Å². The highest BCUT2D eigenvalue weighted by Crippen LogP contribution is 2.31. The quantitative estimate of drug-likeness (QED) is 0.390. The number of rotatable bonds is 5. The van der Waals surface area contributed by atoms with Gasteiger partial charge in [0, 0.05) is 29.5 Å². The van der Waals surface area contributed by atoms with Gasteiger partial charge in [-0.25, -0.2) is 9.78 Å². The van der Waals surface area contributed by atoms with Crippen molar-refractivity contribution in [2.24, 2.45) is 0 Å². The highest BCUT2D eigenvalue weighted by atomic mass is 32.1. The zero-order chi connectivity index (χ0) is 22.8. The van der Waals surface area contributed by atoms with Crippen molar-refractivity contribution in [3.05, 3.63) is 117 Å². The number of hydrogen-bond acceptors (Lipinski definition) is 5. The van der Waals surface area contributed by atoms with Gasteiger partial charge in [0.15, 0.2) is 5.13 Å². The normalized spacial score (nSPS) is 14.9. The van der Waals surface area contributed by atoms with Crippen LogP contribution in [-0.4, -0.2) is 16.9 Å². The molecule has 3 aromatic carbocycles. The first-order chi connectivity index (χ1) is 16.0. The molecule has 1 aliphatic heterocycles. The SMILES string of the molecule is Cc1ccc([C@@H]2Cc3cc(C(=O)Nc4ncc(Cc5ccccc5)s4)ccc3C(=O)O2)cc1. The summed E-state index contributed by atoms with van der Waals surface area (Å²) in [5.41, 5.74) is 5.11. The Morgan fingerprint density at radius 2 is 1.88 bits per heavy atom. The number of benzene rings is 3. The molecule has 5 rings (SSSR count). The van der Waals surface area contributed by atoms with Gasteiger partial charge in [0.1, 0.15) is 6.10 Å². The van der Waals surface area contributed by atoms with E-state index in [9.17, 15) is 9.59 Å². The van der Waals surface area contributed by atoms with E-state index in [1.807, 2.05) is 49.4 Å². The van der Waals surface area contributed by atoms with Crippen LogP contribution < -0.4 is 5.32 Å². The van der Waals surface area contributed by atoms with Crippen LogP contribution in [0.5, 0.6) is 0 Å². The second-order valence-corrected chi connectivity index (χ2v) is 9.24. The van der Waals surface area contributed by atoms with Crippen molar-refractivity contribution < 1.29 is 14.3 Å². The predicted molar refractivity (Wildman–Crippen MR) is 129 cm³/mol. The topological polar surface area (TPSA) is 68.3 Å². The molecule has 0 aliphatic carbocycles. The van der Waals surface area contributed by atoms with Crippen molar-refractivity contribution in [1.29, 1.82) is 0 Å². The number of esters is 1. The van der Waals surface area contributed by atoms with Gasteiger partial charge in [0.05, 0.1) is 5.56 Å². The van der Waals surface area contributed by atoms with Crippen LogP contribution in [0.2, 0.25) is 0 Å². The summed E-state index contributed by atoms with van der Waals surface area (Å²) < 4.78 is 5.64. The lowest BCUT2D eigenvalue weighted by Crippen LogP contribution is -2.23. The fourth-order valence-corrected chi connectivity index (χ4v) is 4.76. The molecule has 0 radical (unpaired) electrons. The number of amides is 1. The van der Waals surface area contributed by atoms with E-state index in [1.54, 1.807) is 24.4 Å². The third-order valence-corrected chi connectivity index (χ3v) is 6.60. The van der Waals surface area contributed by atoms with E-state index in [4.69, 9.17) is 4.74 Å². The van der Waals surface area contributed by atoms with Crippen molar-refractivity contribution in [3.8, 4) is 0 Å². The van der Waals surface area contributed by atoms with E-state index >= 15 is 0 Å². The van der Waals surface area contributed by atoms with Crippen molar-refractivity contribution in [3.63, 3.8) is 0 Å². The smallest absolute Gasteiger partial charge is 0.339 e. The molecule has 0 unspecified atom stereocenters. The van der Waals surface area contributed by atoms with Gasteiger partial charge in [0.25, 0.3) is 5.91 Å². The molecule has 0 bridgehead atoms. The first kappa shape index (κ1) is 21.1. The molecule has 2 heterocycles. The number of aromatic nitrogens is 1. The van der Waals surface area contributed by atoms with Crippen LogP contribution in [-0.2, 0) is 17.6 Å². The Morgan fingerprint density at radius 1 is 1.09 bits per heavy atom. The molecule has 164 valence electrons. The fourth-order valence-electron chi connectivity index (χ4n) is 3.92. The van der Waals surface area contributed by atoms with Crippen LogP contribution in [0.1, 0.15) is 54.0 Å². The Labute approximate surface area is 196 Å². The number of nitrogens with zero attached hydrogens (tertiary/aromatic N) is 1. The van der Waals surface area contributed by atoms with Gasteiger partial charge in [-0.15, -0.1) is 11.3 Å². The molecule has 0 spiro atoms. The maximum Gasteiger partial charge on any atom is 0.339 e. The standard InChI is InChI=1S/C27H22N2O3S/c1-17-7-9-19(10-8-17)24-15-21-14-20(11-12-23(21)26(31)32-24)25(30)29-27-28-16-22(33-27)13-18-5-3-2-4-6-18/h2-12,14,16,24H,13,15H2,1H3,(H,28,29,30)/t24-/m0/s1. The summed E-state index contributed by atoms with van der Waals surface area (Å²) in [6.45, 7) is 2.02. The van der Waals surface area contributed by atoms with Gasteiger partial charge in [0.2, 0.25) is 0 Å². The number of ether oxygens (including phenoxy) is 1. The molecule has 0 fully saturated rings. The van der Waals surface area contributed by atoms with Crippen LogP contribution in [0.4, 0.5) is 5.13 Å². The van der Waals surface area contributed by atoms with E-state index in [2.05, 4.69) is 22.4 Å². The third-order valence-electron chi connectivity index (χ3n) is 5.69. The second-order valence-electron chi connectivity index (χ2n) is 8.13. The van der Waals surface area contributed by atoms with Crippen LogP contribution in [0.15, 0.2) is 79.0 Å². The van der Waals surface area contributed by atoms with Gasteiger partial charge in [-0.2, -0.15) is 0 Å². The van der Waals surface area contributed by atoms with Crippen molar-refractivity contribution in [2.75, 3.05) is 5.32 Å². The average Bonchev–Trinajstić information content (AvgIpc) is 3.26. The van der Waals surface area contributed by atoms with E-state index in [1.165, 1.54) is 16.9 Å². The largest absolute Gasteiger partial charge is 0.454 e. The molecular formula is C27H22N2O3S. The van der Waals surface area contributed by atoms with Gasteiger partial charge in [-0.1, -0.05) is 60.2 Å². The van der Waals surface area contributed by atoms with Crippen LogP contribution in [0.25, 0.3) is 0 Å². The van der Waals surface area contributed by atoms with Crippen molar-refractivity contribution in [2.45, 2.75) is 25.9 Å². The number of aryl methyl sites for hydroxylation is 1. The first-order valence-corrected chi connectivity index (χ1v) is 11.6. The molecule has 0 saturated heterocycles. The summed E-state index contributed by atoms with van der Waals surface area (Å²) in [6.07, 6.45) is 2.74. The van der Waals surface area contributed by atoms with E-state index < -0.39 is 0 Å². The molecule has 1 N–H and O–H groups in total. The number of nitrogens with one attached hydrogen (secondary N) is 1. The maximum absolute atomic E-state index is 12.9. The van der Waals surface area contributed by atoms with Gasteiger partial charge in [-0.3, -0.25) is 10.1 Å². The summed E-state index contributed by atoms with van der Waals surface area (Å²) in [4.78, 5) is 30.8. The lowest BCUT2D eigenvalue weighted by atomic mass is 9.93. The Kier molecular flexibility index (Phi) is 5.75. The van der Waals surface area contributed by atoms with E-state index in [0.29, 0.717) is 22.7 Å². The molecule has 1 amide bonds. The van der Waals surface area contributed by atoms with Crippen LogP contribution >= 0.6 is 11.3 Å². The molecule has 5 nitrogen and oxygen atoms in total. The predicted octanol–water partition coefficient (Wildman–Crippen LogP) is 5.75. The van der Waals surface area contributed by atoms with Crippen molar-refractivity contribution >= 4 is 28.3 Å². The lowest BCUT2D eigenvalue weighted by Gasteiger charge is -2.25. The van der Waals surface area contributed by atoms with Gasteiger partial charge < -0.3 is 4.74 Å². The number of carbonyl (C=O) groups is 2. The summed E-state index contributed by atoms with van der Waals surface area (Å²) in [5, 5.41) is 3.44. The molecule has 4 aromatic rings. The highest BCUT2D eigenvalue weighted by molar-refractivity contribution is 7.15. The van der Waals surface area contributed by atoms with E-state index in [0.717, 1.165) is 28.0 Å². The highest BCUT2D eigenvalue weighted by Gasteiger charge is 2.28. The van der Waals surface area contributed by atoms with Gasteiger partial charge >= 0.3 is 5.97 Å². The van der Waals surface area contributed by atoms with E-state index in [-0.39, 0.29) is 18.0 Å². The second kappa shape index (κ2) is 9.00. The molecule has 1 aliphatic rings. The Balaban J connectivity index is 1.31. The third kappa shape index (κ3) is 4.71. The molecule has 1 aromatic heterocycles. The molecule has 6 heteroatoms. The van der Waals surface area contributed by atoms with Crippen molar-refractivity contribution in [1.82, 2.24) is 4.98 Å². The average molecular weight is 455 g/mol. The maximum atomic E-state index is 12.9. The summed E-state index contributed by atoms with van der Waals surface area (Å²) in [6, 6.07) is 23.2. The number of hydrogen-bond donors (Lipinski definition) is 1. The molecule has 33 heavy (non-hydrogen) atoms. The fraction of sp³-hybridized carbons (Fsp3) is 0.148. The summed E-state index contributed by atoms with van der Waals surface area (Å²) >= 11 is 1.46. The van der Waals surface area contributed by atoms with Crippen LogP contribution in [0, 0.1) is 6.92 Å². The lowest BCUT2D eigenvalue weighted by molar-refractivity contribution is 0.0252. The molecule has 1 atom stereocenters. The van der Waals surface area contributed by atoms with Gasteiger partial charge in [-0.05, 0) is 41.8 Å². The zero-order valence-corrected chi connectivity index (χ0v) is 18.9. The first-order valence-electron chi connectivity index (χ1n) is 10.8. The number of thiazole rings is 1. The Morgan fingerprint density at radius 3 is 2.67 bits per heavy atom. The minimum absolute atomic E-state index is 0.246. The number of anilines is 1. The monoisotopic (exact) mass is 454 g/mol. The summed E-state index contributed by atoms with van der Waals surface area (Å²) in [5.74, 6) is -0.608. The summed E-state index contributed by atoms with van der Waals surface area (Å²) in [7, 11) is 0. The zero-order valence-electron chi connectivity index (χ0n) is 18.1. The molecule has 0 saturated carbocycles. The Hall–Kier alpha value is -3.77. The molecular weight excluding hydrogens is 432 g/mol. The minimum atomic E-state index is -0.362. The minimum Gasteiger partial charge on any atom is -0.454 e. The number of fused-ring (bicyclic) bond motifs is 1.